The SMILES string of the molecule is CCCCN(CCCO)C(=O)NC1CCCn2c(C)nnc21. The summed E-state index contributed by atoms with van der Waals surface area (Å²) in [6.45, 7) is 6.38. The quantitative estimate of drug-likeness (QED) is 0.801. The number of nitrogens with one attached hydrogen (secondary N) is 1. The molecule has 0 radical (unpaired) electrons. The van der Waals surface area contributed by atoms with E-state index in [1.807, 2.05) is 6.92 Å². The van der Waals surface area contributed by atoms with Crippen molar-refractivity contribution in [1.29, 1.82) is 0 Å². The molecule has 0 saturated heterocycles. The number of urea groups is 1. The molecule has 0 bridgehead atoms. The summed E-state index contributed by atoms with van der Waals surface area (Å²) in [7, 11) is 0. The molecule has 1 atom stereocenters. The van der Waals surface area contributed by atoms with Crippen LogP contribution in [0.15, 0.2) is 0 Å². The number of carbonyl (C=O) groups excluding carboxylic acids is 1. The first-order chi connectivity index (χ1) is 10.7. The highest BCUT2D eigenvalue weighted by atomic mass is 16.3. The van der Waals surface area contributed by atoms with Gasteiger partial charge in [-0.15, -0.1) is 10.2 Å². The van der Waals surface area contributed by atoms with Crippen LogP contribution < -0.4 is 5.32 Å². The third kappa shape index (κ3) is 3.97. The standard InChI is InChI=1S/C15H27N5O2/c1-3-4-8-19(9-6-11-21)15(22)16-13-7-5-10-20-12(2)17-18-14(13)20/h13,21H,3-11H2,1-2H3,(H,16,22). The minimum Gasteiger partial charge on any atom is -0.396 e. The minimum atomic E-state index is -0.0688. The zero-order valence-electron chi connectivity index (χ0n) is 13.6. The number of aliphatic hydroxyl groups excluding tert-OH is 1. The van der Waals surface area contributed by atoms with E-state index in [9.17, 15) is 4.79 Å². The molecule has 0 spiro atoms. The largest absolute Gasteiger partial charge is 0.396 e. The second-order valence-electron chi connectivity index (χ2n) is 5.82. The molecular weight excluding hydrogens is 282 g/mol. The lowest BCUT2D eigenvalue weighted by Crippen LogP contribution is -2.44. The number of aliphatic hydroxyl groups is 1. The molecule has 124 valence electrons. The Balaban J connectivity index is 2.00. The van der Waals surface area contributed by atoms with Crippen molar-refractivity contribution in [3.63, 3.8) is 0 Å². The highest BCUT2D eigenvalue weighted by Gasteiger charge is 2.26. The van der Waals surface area contributed by atoms with E-state index in [1.165, 1.54) is 0 Å². The summed E-state index contributed by atoms with van der Waals surface area (Å²) in [4.78, 5) is 14.3. The van der Waals surface area contributed by atoms with Gasteiger partial charge in [-0.2, -0.15) is 0 Å². The number of aromatic nitrogens is 3. The summed E-state index contributed by atoms with van der Waals surface area (Å²) in [6.07, 6.45) is 4.53. The lowest BCUT2D eigenvalue weighted by atomic mass is 10.1. The Bertz CT molecular complexity index is 480. The summed E-state index contributed by atoms with van der Waals surface area (Å²) in [5.74, 6) is 1.76. The van der Waals surface area contributed by atoms with E-state index in [0.717, 1.165) is 50.4 Å². The molecule has 0 aromatic carbocycles. The first-order valence-corrected chi connectivity index (χ1v) is 8.23. The van der Waals surface area contributed by atoms with Gasteiger partial charge in [-0.1, -0.05) is 13.3 Å². The van der Waals surface area contributed by atoms with Gasteiger partial charge in [-0.25, -0.2) is 4.79 Å². The molecule has 0 aliphatic carbocycles. The molecule has 1 aromatic rings. The first kappa shape index (κ1) is 16.7. The van der Waals surface area contributed by atoms with Gasteiger partial charge in [0.1, 0.15) is 5.82 Å². The number of hydrogen-bond donors (Lipinski definition) is 2. The highest BCUT2D eigenvalue weighted by Crippen LogP contribution is 2.24. The molecular formula is C15H27N5O2. The van der Waals surface area contributed by atoms with Gasteiger partial charge in [0.05, 0.1) is 6.04 Å². The third-order valence-electron chi connectivity index (χ3n) is 4.10. The molecule has 7 nitrogen and oxygen atoms in total. The molecule has 2 heterocycles. The van der Waals surface area contributed by atoms with Crippen LogP contribution in [0.4, 0.5) is 4.79 Å². The maximum Gasteiger partial charge on any atom is 0.317 e. The number of carbonyl (C=O) groups is 1. The molecule has 2 rings (SSSR count). The van der Waals surface area contributed by atoms with Crippen molar-refractivity contribution in [2.45, 2.75) is 58.5 Å². The first-order valence-electron chi connectivity index (χ1n) is 8.23. The molecule has 2 N–H and O–H groups in total. The fraction of sp³-hybridized carbons (Fsp3) is 0.800. The fourth-order valence-corrected chi connectivity index (χ4v) is 2.82. The molecule has 1 unspecified atom stereocenters. The second-order valence-corrected chi connectivity index (χ2v) is 5.82. The summed E-state index contributed by atoms with van der Waals surface area (Å²) in [5, 5.41) is 20.4. The second kappa shape index (κ2) is 8.12. The predicted octanol–water partition coefficient (Wildman–Crippen LogP) is 1.62. The zero-order valence-corrected chi connectivity index (χ0v) is 13.6. The van der Waals surface area contributed by atoms with Gasteiger partial charge in [-0.3, -0.25) is 0 Å². The van der Waals surface area contributed by atoms with Gasteiger partial charge in [0, 0.05) is 26.2 Å². The van der Waals surface area contributed by atoms with Crippen molar-refractivity contribution in [3.8, 4) is 0 Å². The lowest BCUT2D eigenvalue weighted by Gasteiger charge is -2.28. The monoisotopic (exact) mass is 309 g/mol. The maximum absolute atomic E-state index is 12.5. The summed E-state index contributed by atoms with van der Waals surface area (Å²) in [5.41, 5.74) is 0. The zero-order chi connectivity index (χ0) is 15.9. The van der Waals surface area contributed by atoms with Crippen LogP contribution in [-0.2, 0) is 6.54 Å². The lowest BCUT2D eigenvalue weighted by molar-refractivity contribution is 0.182. The van der Waals surface area contributed by atoms with E-state index in [2.05, 4.69) is 27.0 Å². The Morgan fingerprint density at radius 2 is 2.18 bits per heavy atom. The minimum absolute atomic E-state index is 0.0685. The van der Waals surface area contributed by atoms with Crippen molar-refractivity contribution in [1.82, 2.24) is 25.0 Å². The van der Waals surface area contributed by atoms with Crippen LogP contribution in [0.5, 0.6) is 0 Å². The molecule has 1 aromatic heterocycles. The molecule has 1 aliphatic heterocycles. The molecule has 22 heavy (non-hydrogen) atoms. The normalized spacial score (nSPS) is 17.1. The van der Waals surface area contributed by atoms with E-state index in [4.69, 9.17) is 5.11 Å². The van der Waals surface area contributed by atoms with E-state index >= 15 is 0 Å². The van der Waals surface area contributed by atoms with Crippen molar-refractivity contribution in [2.75, 3.05) is 19.7 Å². The topological polar surface area (TPSA) is 83.3 Å². The Kier molecular flexibility index (Phi) is 6.18. The highest BCUT2D eigenvalue weighted by molar-refractivity contribution is 5.74. The van der Waals surface area contributed by atoms with Crippen LogP contribution in [0.3, 0.4) is 0 Å². The smallest absolute Gasteiger partial charge is 0.317 e. The maximum atomic E-state index is 12.5. The number of fused-ring (bicyclic) bond motifs is 1. The summed E-state index contributed by atoms with van der Waals surface area (Å²) < 4.78 is 2.08. The third-order valence-corrected chi connectivity index (χ3v) is 4.10. The predicted molar refractivity (Wildman–Crippen MR) is 83.4 cm³/mol. The van der Waals surface area contributed by atoms with Crippen LogP contribution in [0.25, 0.3) is 0 Å². The van der Waals surface area contributed by atoms with Gasteiger partial charge < -0.3 is 19.9 Å². The number of amides is 2. The van der Waals surface area contributed by atoms with E-state index in [0.29, 0.717) is 13.0 Å². The number of nitrogens with zero attached hydrogens (tertiary/aromatic N) is 4. The molecule has 7 heteroatoms. The summed E-state index contributed by atoms with van der Waals surface area (Å²) >= 11 is 0. The molecule has 1 aliphatic rings. The van der Waals surface area contributed by atoms with Crippen molar-refractivity contribution in [2.24, 2.45) is 0 Å². The van der Waals surface area contributed by atoms with Crippen molar-refractivity contribution < 1.29 is 9.90 Å². The van der Waals surface area contributed by atoms with Crippen LogP contribution in [0.2, 0.25) is 0 Å². The Hall–Kier alpha value is -1.63. The number of hydrogen-bond acceptors (Lipinski definition) is 4. The van der Waals surface area contributed by atoms with Gasteiger partial charge in [0.2, 0.25) is 0 Å². The number of unbranched alkanes of at least 4 members (excludes halogenated alkanes) is 1. The van der Waals surface area contributed by atoms with Crippen molar-refractivity contribution in [3.05, 3.63) is 11.6 Å². The average Bonchev–Trinajstić information content (AvgIpc) is 2.90. The van der Waals surface area contributed by atoms with Gasteiger partial charge in [0.25, 0.3) is 0 Å². The van der Waals surface area contributed by atoms with Crippen LogP contribution in [-0.4, -0.2) is 50.5 Å². The van der Waals surface area contributed by atoms with Gasteiger partial charge in [-0.05, 0) is 32.6 Å². The van der Waals surface area contributed by atoms with Crippen LogP contribution in [0.1, 0.15) is 56.7 Å². The fourth-order valence-electron chi connectivity index (χ4n) is 2.82. The van der Waals surface area contributed by atoms with Gasteiger partial charge >= 0.3 is 6.03 Å². The number of aryl methyl sites for hydroxylation is 1. The van der Waals surface area contributed by atoms with Crippen molar-refractivity contribution >= 4 is 6.03 Å². The summed E-state index contributed by atoms with van der Waals surface area (Å²) in [6, 6.07) is -0.137. The van der Waals surface area contributed by atoms with Crippen LogP contribution in [0, 0.1) is 6.92 Å². The molecule has 0 saturated carbocycles. The molecule has 0 fully saturated rings. The van der Waals surface area contributed by atoms with E-state index < -0.39 is 0 Å². The van der Waals surface area contributed by atoms with E-state index in [-0.39, 0.29) is 18.7 Å². The van der Waals surface area contributed by atoms with E-state index in [1.54, 1.807) is 4.90 Å². The molecule has 2 amide bonds. The number of rotatable bonds is 7. The Labute approximate surface area is 131 Å². The van der Waals surface area contributed by atoms with Gasteiger partial charge in [0.15, 0.2) is 5.82 Å². The Morgan fingerprint density at radius 3 is 2.91 bits per heavy atom. The average molecular weight is 309 g/mol. The van der Waals surface area contributed by atoms with Crippen LogP contribution >= 0.6 is 0 Å². The Morgan fingerprint density at radius 1 is 1.41 bits per heavy atom.